The molecule has 1 atom stereocenters. The maximum absolute atomic E-state index is 12.4. The molecule has 7 heteroatoms. The first-order valence-electron chi connectivity index (χ1n) is 4.31. The molecule has 0 aromatic heterocycles. The molecule has 0 saturated carbocycles. The van der Waals surface area contributed by atoms with Crippen LogP contribution in [0, 0.1) is 0 Å². The van der Waals surface area contributed by atoms with Gasteiger partial charge in [-0.15, -0.1) is 12.4 Å². The van der Waals surface area contributed by atoms with Gasteiger partial charge in [0.05, 0.1) is 6.54 Å². The number of nitrogens with zero attached hydrogens (tertiary/aromatic N) is 1. The minimum absolute atomic E-state index is 0. The van der Waals surface area contributed by atoms with Crippen molar-refractivity contribution < 1.29 is 23.1 Å². The highest BCUT2D eigenvalue weighted by Gasteiger charge is 2.55. The van der Waals surface area contributed by atoms with E-state index in [1.165, 1.54) is 6.92 Å². The summed E-state index contributed by atoms with van der Waals surface area (Å²) < 4.78 is 37.1. The minimum atomic E-state index is -4.67. The predicted molar refractivity (Wildman–Crippen MR) is 49.7 cm³/mol. The van der Waals surface area contributed by atoms with Crippen molar-refractivity contribution in [2.45, 2.75) is 31.5 Å². The van der Waals surface area contributed by atoms with Crippen molar-refractivity contribution >= 4 is 18.3 Å². The second-order valence-electron chi connectivity index (χ2n) is 3.57. The molecule has 1 saturated heterocycles. The molecule has 0 bridgehead atoms. The van der Waals surface area contributed by atoms with E-state index in [0.29, 0.717) is 0 Å². The molecular weight excluding hydrogens is 235 g/mol. The van der Waals surface area contributed by atoms with Crippen molar-refractivity contribution in [3.63, 3.8) is 0 Å². The molecule has 1 N–H and O–H groups in total. The van der Waals surface area contributed by atoms with E-state index < -0.39 is 24.2 Å². The maximum Gasteiger partial charge on any atom is 0.418 e. The number of β-amino-alcohol motifs (C(OH)–C–C–N with tert-alkyl or cyclic N) is 1. The van der Waals surface area contributed by atoms with Gasteiger partial charge in [-0.3, -0.25) is 4.79 Å². The lowest BCUT2D eigenvalue weighted by Crippen LogP contribution is -2.57. The van der Waals surface area contributed by atoms with Crippen molar-refractivity contribution in [2.75, 3.05) is 13.1 Å². The molecule has 1 heterocycles. The summed E-state index contributed by atoms with van der Waals surface area (Å²) >= 11 is 0. The third-order valence-electron chi connectivity index (χ3n) is 2.44. The Labute approximate surface area is 91.7 Å². The lowest BCUT2D eigenvalue weighted by molar-refractivity contribution is -0.272. The first-order chi connectivity index (χ1) is 6.26. The summed E-state index contributed by atoms with van der Waals surface area (Å²) in [4.78, 5) is 11.9. The molecule has 1 unspecified atom stereocenters. The zero-order chi connectivity index (χ0) is 11.0. The maximum atomic E-state index is 12.4. The normalized spacial score (nSPS) is 27.1. The Balaban J connectivity index is 0.00000196. The topological polar surface area (TPSA) is 40.5 Å². The van der Waals surface area contributed by atoms with Gasteiger partial charge in [0.15, 0.2) is 5.60 Å². The molecule has 1 aliphatic rings. The SMILES string of the molecule is CC(=O)N1CCCC(O)(C(F)(F)F)C1.Cl. The van der Waals surface area contributed by atoms with Crippen molar-refractivity contribution in [1.29, 1.82) is 0 Å². The number of piperidine rings is 1. The van der Waals surface area contributed by atoms with Gasteiger partial charge in [-0.25, -0.2) is 0 Å². The standard InChI is InChI=1S/C8H12F3NO2.ClH/c1-6(13)12-4-2-3-7(14,5-12)8(9,10)11;/h14H,2-5H2,1H3;1H. The summed E-state index contributed by atoms with van der Waals surface area (Å²) in [7, 11) is 0. The Kier molecular flexibility index (Phi) is 4.42. The van der Waals surface area contributed by atoms with E-state index >= 15 is 0 Å². The first-order valence-corrected chi connectivity index (χ1v) is 4.31. The summed E-state index contributed by atoms with van der Waals surface area (Å²) in [5.41, 5.74) is -2.73. The number of halogens is 4. The summed E-state index contributed by atoms with van der Waals surface area (Å²) in [6, 6.07) is 0. The highest BCUT2D eigenvalue weighted by molar-refractivity contribution is 5.85. The molecule has 15 heavy (non-hydrogen) atoms. The van der Waals surface area contributed by atoms with Gasteiger partial charge in [-0.1, -0.05) is 0 Å². The molecule has 0 spiro atoms. The van der Waals surface area contributed by atoms with Crippen molar-refractivity contribution in [2.24, 2.45) is 0 Å². The van der Waals surface area contributed by atoms with Crippen LogP contribution in [0.2, 0.25) is 0 Å². The molecule has 0 aromatic carbocycles. The van der Waals surface area contributed by atoms with E-state index in [2.05, 4.69) is 0 Å². The number of rotatable bonds is 0. The third kappa shape index (κ3) is 2.98. The predicted octanol–water partition coefficient (Wildman–Crippen LogP) is 1.34. The fourth-order valence-corrected chi connectivity index (χ4v) is 1.54. The summed E-state index contributed by atoms with van der Waals surface area (Å²) in [6.07, 6.45) is -4.82. The van der Waals surface area contributed by atoms with E-state index in [-0.39, 0.29) is 31.8 Å². The lowest BCUT2D eigenvalue weighted by atomic mass is 9.92. The van der Waals surface area contributed by atoms with E-state index in [9.17, 15) is 23.1 Å². The third-order valence-corrected chi connectivity index (χ3v) is 2.44. The van der Waals surface area contributed by atoms with Crippen molar-refractivity contribution in [3.8, 4) is 0 Å². The van der Waals surface area contributed by atoms with Crippen LogP contribution in [0.1, 0.15) is 19.8 Å². The first kappa shape index (κ1) is 14.5. The quantitative estimate of drug-likeness (QED) is 0.702. The number of alkyl halides is 3. The summed E-state index contributed by atoms with van der Waals surface area (Å²) in [6.45, 7) is 0.835. The van der Waals surface area contributed by atoms with Gasteiger partial charge in [0.1, 0.15) is 0 Å². The fraction of sp³-hybridized carbons (Fsp3) is 0.875. The average molecular weight is 248 g/mol. The van der Waals surface area contributed by atoms with Crippen LogP contribution in [-0.2, 0) is 4.79 Å². The highest BCUT2D eigenvalue weighted by Crippen LogP contribution is 2.37. The Morgan fingerprint density at radius 2 is 2.00 bits per heavy atom. The minimum Gasteiger partial charge on any atom is -0.379 e. The van der Waals surface area contributed by atoms with Gasteiger partial charge in [0.25, 0.3) is 0 Å². The van der Waals surface area contributed by atoms with E-state index in [4.69, 9.17) is 0 Å². The molecule has 3 nitrogen and oxygen atoms in total. The van der Waals surface area contributed by atoms with Crippen LogP contribution in [0.3, 0.4) is 0 Å². The Morgan fingerprint density at radius 1 is 1.47 bits per heavy atom. The van der Waals surface area contributed by atoms with Crippen LogP contribution < -0.4 is 0 Å². The van der Waals surface area contributed by atoms with Crippen LogP contribution in [-0.4, -0.2) is 40.8 Å². The van der Waals surface area contributed by atoms with Crippen LogP contribution >= 0.6 is 12.4 Å². The van der Waals surface area contributed by atoms with Crippen LogP contribution in [0.15, 0.2) is 0 Å². The van der Waals surface area contributed by atoms with Crippen molar-refractivity contribution in [3.05, 3.63) is 0 Å². The van der Waals surface area contributed by atoms with E-state index in [1.54, 1.807) is 0 Å². The fourth-order valence-electron chi connectivity index (χ4n) is 1.54. The highest BCUT2D eigenvalue weighted by atomic mass is 35.5. The molecule has 0 aliphatic carbocycles. The molecule has 90 valence electrons. The second-order valence-corrected chi connectivity index (χ2v) is 3.57. The summed E-state index contributed by atoms with van der Waals surface area (Å²) in [5.74, 6) is -0.438. The number of hydrogen-bond donors (Lipinski definition) is 1. The van der Waals surface area contributed by atoms with E-state index in [1.807, 2.05) is 0 Å². The number of hydrogen-bond acceptors (Lipinski definition) is 2. The largest absolute Gasteiger partial charge is 0.418 e. The van der Waals surface area contributed by atoms with E-state index in [0.717, 1.165) is 4.90 Å². The summed E-state index contributed by atoms with van der Waals surface area (Å²) in [5, 5.41) is 9.31. The van der Waals surface area contributed by atoms with Gasteiger partial charge >= 0.3 is 6.18 Å². The smallest absolute Gasteiger partial charge is 0.379 e. The molecule has 0 radical (unpaired) electrons. The van der Waals surface area contributed by atoms with Gasteiger partial charge in [0, 0.05) is 13.5 Å². The van der Waals surface area contributed by atoms with Crippen molar-refractivity contribution in [1.82, 2.24) is 4.90 Å². The Bertz CT molecular complexity index is 247. The zero-order valence-corrected chi connectivity index (χ0v) is 8.99. The van der Waals surface area contributed by atoms with Crippen LogP contribution in [0.5, 0.6) is 0 Å². The van der Waals surface area contributed by atoms with Gasteiger partial charge in [-0.05, 0) is 12.8 Å². The van der Waals surface area contributed by atoms with Crippen LogP contribution in [0.25, 0.3) is 0 Å². The monoisotopic (exact) mass is 247 g/mol. The number of amides is 1. The van der Waals surface area contributed by atoms with Gasteiger partial charge < -0.3 is 10.0 Å². The Morgan fingerprint density at radius 3 is 2.40 bits per heavy atom. The molecular formula is C8H13ClF3NO2. The number of carbonyl (C=O) groups is 1. The number of aliphatic hydroxyl groups is 1. The molecule has 1 rings (SSSR count). The second kappa shape index (κ2) is 4.57. The molecule has 1 aliphatic heterocycles. The number of carbonyl (C=O) groups excluding carboxylic acids is 1. The molecule has 1 amide bonds. The Hall–Kier alpha value is -0.490. The van der Waals surface area contributed by atoms with Gasteiger partial charge in [0.2, 0.25) is 5.91 Å². The zero-order valence-electron chi connectivity index (χ0n) is 8.17. The van der Waals surface area contributed by atoms with Crippen LogP contribution in [0.4, 0.5) is 13.2 Å². The number of likely N-dealkylation sites (tertiary alicyclic amines) is 1. The lowest BCUT2D eigenvalue weighted by Gasteiger charge is -2.39. The average Bonchev–Trinajstić information content (AvgIpc) is 2.02. The molecule has 1 fully saturated rings. The van der Waals surface area contributed by atoms with Gasteiger partial charge in [-0.2, -0.15) is 13.2 Å². The molecule has 0 aromatic rings.